The van der Waals surface area contributed by atoms with Gasteiger partial charge in [-0.15, -0.1) is 11.3 Å². The van der Waals surface area contributed by atoms with Gasteiger partial charge in [0.15, 0.2) is 0 Å². The second kappa shape index (κ2) is 4.58. The van der Waals surface area contributed by atoms with Crippen molar-refractivity contribution in [2.45, 2.75) is 19.8 Å². The average Bonchev–Trinajstić information content (AvgIpc) is 2.78. The Balaban J connectivity index is 2.49. The Kier molecular flexibility index (Phi) is 3.15. The lowest BCUT2D eigenvalue weighted by Crippen LogP contribution is -1.89. The first-order valence-electron chi connectivity index (χ1n) is 5.21. The summed E-state index contributed by atoms with van der Waals surface area (Å²) in [5.74, 6) is 0.461. The topological polar surface area (TPSA) is 30.0 Å². The van der Waals surface area contributed by atoms with Gasteiger partial charge in [-0.2, -0.15) is 0 Å². The Bertz CT molecular complexity index is 502. The van der Waals surface area contributed by atoms with E-state index < -0.39 is 0 Å². The summed E-state index contributed by atoms with van der Waals surface area (Å²) < 4.78 is 0. The molecule has 0 saturated carbocycles. The highest BCUT2D eigenvalue weighted by atomic mass is 32.1. The number of hydrogen-bond acceptors (Lipinski definition) is 3. The van der Waals surface area contributed by atoms with E-state index in [1.807, 2.05) is 23.7 Å². The van der Waals surface area contributed by atoms with Gasteiger partial charge in [-0.25, -0.2) is 4.98 Å². The van der Waals surface area contributed by atoms with E-state index in [2.05, 4.69) is 18.8 Å². The van der Waals surface area contributed by atoms with Crippen LogP contribution in [0.15, 0.2) is 29.8 Å². The van der Waals surface area contributed by atoms with Gasteiger partial charge in [0.1, 0.15) is 6.29 Å². The number of aldehydes is 1. The molecule has 2 nitrogen and oxygen atoms in total. The number of aromatic nitrogens is 1. The summed E-state index contributed by atoms with van der Waals surface area (Å²) in [6, 6.07) is 7.57. The summed E-state index contributed by atoms with van der Waals surface area (Å²) in [5.41, 5.74) is 4.58. The highest BCUT2D eigenvalue weighted by Crippen LogP contribution is 2.31. The lowest BCUT2D eigenvalue weighted by Gasteiger charge is -2.05. The van der Waals surface area contributed by atoms with Crippen LogP contribution in [0.2, 0.25) is 0 Å². The maximum atomic E-state index is 10.7. The molecular formula is C13H13NOS. The summed E-state index contributed by atoms with van der Waals surface area (Å²) in [6.07, 6.45) is 0.866. The molecule has 16 heavy (non-hydrogen) atoms. The number of rotatable bonds is 3. The lowest BCUT2D eigenvalue weighted by atomic mass is 10.0. The molecule has 1 aromatic carbocycles. The smallest absolute Gasteiger partial charge is 0.150 e. The van der Waals surface area contributed by atoms with Crippen LogP contribution in [0.25, 0.3) is 11.3 Å². The van der Waals surface area contributed by atoms with Gasteiger partial charge in [-0.1, -0.05) is 32.0 Å². The van der Waals surface area contributed by atoms with Crippen molar-refractivity contribution in [2.24, 2.45) is 0 Å². The third-order valence-corrected chi connectivity index (χ3v) is 3.54. The maximum absolute atomic E-state index is 10.7. The van der Waals surface area contributed by atoms with Gasteiger partial charge in [0, 0.05) is 16.0 Å². The van der Waals surface area contributed by atoms with Crippen LogP contribution in [0.1, 0.15) is 35.0 Å². The average molecular weight is 231 g/mol. The van der Waals surface area contributed by atoms with Crippen molar-refractivity contribution in [2.75, 3.05) is 0 Å². The summed E-state index contributed by atoms with van der Waals surface area (Å²) in [5, 5.41) is 0. The molecule has 0 N–H and O–H groups in total. The van der Waals surface area contributed by atoms with Gasteiger partial charge < -0.3 is 0 Å². The molecule has 82 valence electrons. The Morgan fingerprint density at radius 1 is 1.38 bits per heavy atom. The van der Waals surface area contributed by atoms with Crippen LogP contribution in [0.5, 0.6) is 0 Å². The fourth-order valence-electron chi connectivity index (χ4n) is 1.64. The maximum Gasteiger partial charge on any atom is 0.150 e. The summed E-state index contributed by atoms with van der Waals surface area (Å²) in [6.45, 7) is 4.31. The number of hydrogen-bond donors (Lipinski definition) is 0. The van der Waals surface area contributed by atoms with Crippen molar-refractivity contribution in [3.8, 4) is 11.3 Å². The number of thiazole rings is 1. The highest BCUT2D eigenvalue weighted by molar-refractivity contribution is 7.10. The predicted octanol–water partition coefficient (Wildman–Crippen LogP) is 3.75. The Hall–Kier alpha value is -1.48. The van der Waals surface area contributed by atoms with E-state index in [0.717, 1.165) is 17.5 Å². The lowest BCUT2D eigenvalue weighted by molar-refractivity contribution is 0.112. The van der Waals surface area contributed by atoms with E-state index in [4.69, 9.17) is 0 Å². The van der Waals surface area contributed by atoms with Crippen LogP contribution in [0, 0.1) is 0 Å². The monoisotopic (exact) mass is 231 g/mol. The number of carbonyl (C=O) groups is 1. The molecule has 2 aromatic rings. The van der Waals surface area contributed by atoms with Crippen LogP contribution < -0.4 is 0 Å². The SMILES string of the molecule is CC(C)c1scnc1-c1cccc(C=O)c1. The van der Waals surface area contributed by atoms with Gasteiger partial charge in [-0.3, -0.25) is 4.79 Å². The minimum atomic E-state index is 0.461. The van der Waals surface area contributed by atoms with Crippen molar-refractivity contribution in [1.29, 1.82) is 0 Å². The molecule has 0 aliphatic rings. The van der Waals surface area contributed by atoms with Gasteiger partial charge in [0.25, 0.3) is 0 Å². The summed E-state index contributed by atoms with van der Waals surface area (Å²) in [7, 11) is 0. The second-order valence-corrected chi connectivity index (χ2v) is 4.85. The van der Waals surface area contributed by atoms with Gasteiger partial charge in [0.2, 0.25) is 0 Å². The highest BCUT2D eigenvalue weighted by Gasteiger charge is 2.11. The number of carbonyl (C=O) groups excluding carboxylic acids is 1. The first-order chi connectivity index (χ1) is 7.72. The second-order valence-electron chi connectivity index (χ2n) is 3.96. The zero-order chi connectivity index (χ0) is 11.5. The van der Waals surface area contributed by atoms with E-state index in [1.54, 1.807) is 17.4 Å². The van der Waals surface area contributed by atoms with Crippen molar-refractivity contribution >= 4 is 17.6 Å². The van der Waals surface area contributed by atoms with E-state index in [-0.39, 0.29) is 0 Å². The van der Waals surface area contributed by atoms with Crippen LogP contribution >= 0.6 is 11.3 Å². The molecule has 0 atom stereocenters. The van der Waals surface area contributed by atoms with Crippen molar-refractivity contribution in [3.63, 3.8) is 0 Å². The molecule has 3 heteroatoms. The summed E-state index contributed by atoms with van der Waals surface area (Å²) in [4.78, 5) is 16.4. The Labute approximate surface area is 99.0 Å². The third-order valence-electron chi connectivity index (χ3n) is 2.42. The molecule has 0 fully saturated rings. The summed E-state index contributed by atoms with van der Waals surface area (Å²) >= 11 is 1.67. The van der Waals surface area contributed by atoms with Crippen LogP contribution in [0.4, 0.5) is 0 Å². The van der Waals surface area contributed by atoms with E-state index >= 15 is 0 Å². The molecule has 0 unspecified atom stereocenters. The molecule has 0 bridgehead atoms. The predicted molar refractivity (Wildman–Crippen MR) is 67.0 cm³/mol. The van der Waals surface area contributed by atoms with Crippen LogP contribution in [-0.2, 0) is 0 Å². The van der Waals surface area contributed by atoms with E-state index in [0.29, 0.717) is 11.5 Å². The number of nitrogens with zero attached hydrogens (tertiary/aromatic N) is 1. The van der Waals surface area contributed by atoms with Crippen LogP contribution in [0.3, 0.4) is 0 Å². The molecule has 2 rings (SSSR count). The van der Waals surface area contributed by atoms with Crippen molar-refractivity contribution in [1.82, 2.24) is 4.98 Å². The minimum absolute atomic E-state index is 0.461. The molecule has 0 aliphatic carbocycles. The number of benzene rings is 1. The fraction of sp³-hybridized carbons (Fsp3) is 0.231. The Morgan fingerprint density at radius 2 is 2.19 bits per heavy atom. The fourth-order valence-corrected chi connectivity index (χ4v) is 2.47. The molecule has 0 amide bonds. The molecule has 1 heterocycles. The largest absolute Gasteiger partial charge is 0.298 e. The molecule has 0 radical (unpaired) electrons. The van der Waals surface area contributed by atoms with E-state index in [1.165, 1.54) is 4.88 Å². The van der Waals surface area contributed by atoms with Gasteiger partial charge in [-0.05, 0) is 12.0 Å². The molecule has 0 aliphatic heterocycles. The van der Waals surface area contributed by atoms with Gasteiger partial charge in [0.05, 0.1) is 11.2 Å². The first-order valence-corrected chi connectivity index (χ1v) is 6.09. The van der Waals surface area contributed by atoms with Gasteiger partial charge >= 0.3 is 0 Å². The minimum Gasteiger partial charge on any atom is -0.298 e. The quantitative estimate of drug-likeness (QED) is 0.753. The standard InChI is InChI=1S/C13H13NOS/c1-9(2)13-12(14-8-16-13)11-5-3-4-10(6-11)7-15/h3-9H,1-2H3. The zero-order valence-corrected chi connectivity index (χ0v) is 10.1. The van der Waals surface area contributed by atoms with Crippen LogP contribution in [-0.4, -0.2) is 11.3 Å². The normalized spacial score (nSPS) is 10.7. The van der Waals surface area contributed by atoms with Crippen molar-refractivity contribution in [3.05, 3.63) is 40.2 Å². The van der Waals surface area contributed by atoms with E-state index in [9.17, 15) is 4.79 Å². The molecular weight excluding hydrogens is 218 g/mol. The zero-order valence-electron chi connectivity index (χ0n) is 9.31. The van der Waals surface area contributed by atoms with Crippen molar-refractivity contribution < 1.29 is 4.79 Å². The molecule has 0 spiro atoms. The molecule has 0 saturated heterocycles. The third kappa shape index (κ3) is 2.04. The molecule has 1 aromatic heterocycles. The Morgan fingerprint density at radius 3 is 2.88 bits per heavy atom. The first kappa shape index (κ1) is 11.0.